The highest BCUT2D eigenvalue weighted by atomic mass is 32.2. The van der Waals surface area contributed by atoms with Crippen molar-refractivity contribution in [3.63, 3.8) is 0 Å². The molecule has 20 heavy (non-hydrogen) atoms. The molecule has 0 atom stereocenters. The summed E-state index contributed by atoms with van der Waals surface area (Å²) in [5, 5.41) is 11.7. The number of anilines is 1. The van der Waals surface area contributed by atoms with Gasteiger partial charge in [-0.25, -0.2) is 0 Å². The molecular weight excluding hydrogens is 294 g/mol. The van der Waals surface area contributed by atoms with Gasteiger partial charge in [0, 0.05) is 0 Å². The van der Waals surface area contributed by atoms with Crippen molar-refractivity contribution in [2.24, 2.45) is 4.40 Å². The predicted octanol–water partition coefficient (Wildman–Crippen LogP) is 2.71. The highest BCUT2D eigenvalue weighted by Crippen LogP contribution is 2.33. The Hall–Kier alpha value is -1.52. The maximum absolute atomic E-state index is 12.2. The second-order valence-corrected chi connectivity index (χ2v) is 7.94. The lowest BCUT2D eigenvalue weighted by molar-refractivity contribution is 0.584. The minimum absolute atomic E-state index is 0.135. The number of sulfonamides is 1. The lowest BCUT2D eigenvalue weighted by Crippen LogP contribution is -2.20. The van der Waals surface area contributed by atoms with Gasteiger partial charge in [-0.3, -0.25) is 0 Å². The SMILES string of the molecule is CC(C)(C)c1ccc2c(c1)S(=O)(=O)N=C(SCC#N)N2. The number of nitrogens with zero attached hydrogens (tertiary/aromatic N) is 2. The summed E-state index contributed by atoms with van der Waals surface area (Å²) in [4.78, 5) is 0.186. The molecule has 0 saturated carbocycles. The van der Waals surface area contributed by atoms with Gasteiger partial charge in [0.05, 0.1) is 17.5 Å². The van der Waals surface area contributed by atoms with Crippen molar-refractivity contribution in [1.29, 1.82) is 5.26 Å². The van der Waals surface area contributed by atoms with E-state index in [-0.39, 0.29) is 21.2 Å². The smallest absolute Gasteiger partial charge is 0.286 e. The van der Waals surface area contributed by atoms with Gasteiger partial charge in [-0.1, -0.05) is 38.6 Å². The number of hydrogen-bond donors (Lipinski definition) is 1. The third-order valence-electron chi connectivity index (χ3n) is 2.84. The van der Waals surface area contributed by atoms with Gasteiger partial charge >= 0.3 is 0 Å². The number of nitriles is 1. The Balaban J connectivity index is 2.46. The van der Waals surface area contributed by atoms with Crippen LogP contribution in [-0.2, 0) is 15.4 Å². The molecule has 0 unspecified atom stereocenters. The molecular formula is C13H15N3O2S2. The molecule has 0 saturated heterocycles. The number of rotatable bonds is 1. The topological polar surface area (TPSA) is 82.3 Å². The molecule has 0 bridgehead atoms. The Morgan fingerprint density at radius 2 is 2.10 bits per heavy atom. The van der Waals surface area contributed by atoms with Crippen LogP contribution in [0.1, 0.15) is 26.3 Å². The monoisotopic (exact) mass is 309 g/mol. The molecule has 1 aromatic carbocycles. The maximum Gasteiger partial charge on any atom is 0.286 e. The molecule has 106 valence electrons. The summed E-state index contributed by atoms with van der Waals surface area (Å²) in [6.07, 6.45) is 0. The van der Waals surface area contributed by atoms with Crippen molar-refractivity contribution in [3.8, 4) is 6.07 Å². The second-order valence-electron chi connectivity index (χ2n) is 5.40. The molecule has 0 fully saturated rings. The van der Waals surface area contributed by atoms with Gasteiger partial charge in [-0.15, -0.1) is 4.40 Å². The van der Waals surface area contributed by atoms with Crippen LogP contribution in [0.15, 0.2) is 27.5 Å². The van der Waals surface area contributed by atoms with E-state index in [2.05, 4.69) is 9.71 Å². The Morgan fingerprint density at radius 1 is 1.40 bits per heavy atom. The van der Waals surface area contributed by atoms with Crippen LogP contribution < -0.4 is 5.32 Å². The third kappa shape index (κ3) is 2.97. The first-order valence-electron chi connectivity index (χ1n) is 6.00. The van der Waals surface area contributed by atoms with E-state index in [9.17, 15) is 8.42 Å². The third-order valence-corrected chi connectivity index (χ3v) is 5.02. The zero-order valence-corrected chi connectivity index (χ0v) is 13.1. The van der Waals surface area contributed by atoms with E-state index < -0.39 is 10.0 Å². The summed E-state index contributed by atoms with van der Waals surface area (Å²) < 4.78 is 28.1. The molecule has 0 radical (unpaired) electrons. The molecule has 0 aliphatic carbocycles. The normalized spacial score (nSPS) is 16.6. The van der Waals surface area contributed by atoms with Crippen LogP contribution in [0, 0.1) is 11.3 Å². The summed E-state index contributed by atoms with van der Waals surface area (Å²) in [6, 6.07) is 7.25. The highest BCUT2D eigenvalue weighted by Gasteiger charge is 2.27. The van der Waals surface area contributed by atoms with Crippen LogP contribution in [0.3, 0.4) is 0 Å². The Morgan fingerprint density at radius 3 is 2.70 bits per heavy atom. The molecule has 1 aromatic rings. The van der Waals surface area contributed by atoms with E-state index in [1.54, 1.807) is 12.1 Å². The van der Waals surface area contributed by atoms with Gasteiger partial charge in [-0.05, 0) is 23.1 Å². The predicted molar refractivity (Wildman–Crippen MR) is 81.5 cm³/mol. The number of thioether (sulfide) groups is 1. The minimum atomic E-state index is -3.71. The molecule has 0 spiro atoms. The number of nitrogens with one attached hydrogen (secondary N) is 1. The van der Waals surface area contributed by atoms with E-state index in [0.717, 1.165) is 17.3 Å². The summed E-state index contributed by atoms with van der Waals surface area (Å²) in [5.41, 5.74) is 1.31. The fourth-order valence-electron chi connectivity index (χ4n) is 1.76. The standard InChI is InChI=1S/C13H15N3O2S2/c1-13(2,3)9-4-5-10-11(8-9)20(17,18)16-12(15-10)19-7-6-14/h4-5,8H,7H2,1-3H3,(H,15,16). The lowest BCUT2D eigenvalue weighted by atomic mass is 9.87. The molecule has 2 rings (SSSR count). The maximum atomic E-state index is 12.2. The molecule has 5 nitrogen and oxygen atoms in total. The molecule has 1 aliphatic heterocycles. The fourth-order valence-corrected chi connectivity index (χ4v) is 3.69. The van der Waals surface area contributed by atoms with Crippen molar-refractivity contribution in [2.45, 2.75) is 31.1 Å². The van der Waals surface area contributed by atoms with Gasteiger partial charge in [-0.2, -0.15) is 13.7 Å². The van der Waals surface area contributed by atoms with Crippen LogP contribution in [0.4, 0.5) is 5.69 Å². The van der Waals surface area contributed by atoms with Crippen molar-refractivity contribution in [2.75, 3.05) is 11.1 Å². The fraction of sp³-hybridized carbons (Fsp3) is 0.385. The molecule has 1 N–H and O–H groups in total. The van der Waals surface area contributed by atoms with Gasteiger partial charge in [0.1, 0.15) is 4.90 Å². The van der Waals surface area contributed by atoms with Crippen molar-refractivity contribution >= 4 is 32.6 Å². The molecule has 0 aromatic heterocycles. The van der Waals surface area contributed by atoms with Gasteiger partial charge in [0.25, 0.3) is 10.0 Å². The van der Waals surface area contributed by atoms with Gasteiger partial charge in [0.15, 0.2) is 5.17 Å². The average Bonchev–Trinajstić information content (AvgIpc) is 2.34. The van der Waals surface area contributed by atoms with E-state index in [4.69, 9.17) is 5.26 Å². The van der Waals surface area contributed by atoms with Gasteiger partial charge < -0.3 is 5.32 Å². The van der Waals surface area contributed by atoms with E-state index in [1.165, 1.54) is 0 Å². The summed E-state index contributed by atoms with van der Waals surface area (Å²) in [6.45, 7) is 6.07. The Bertz CT molecular complexity index is 710. The first-order valence-corrected chi connectivity index (χ1v) is 8.43. The number of hydrogen-bond acceptors (Lipinski definition) is 5. The van der Waals surface area contributed by atoms with Crippen molar-refractivity contribution in [1.82, 2.24) is 0 Å². The van der Waals surface area contributed by atoms with Crippen LogP contribution in [0.5, 0.6) is 0 Å². The summed E-state index contributed by atoms with van der Waals surface area (Å²) in [5.74, 6) is 0.150. The van der Waals surface area contributed by atoms with E-state index in [1.807, 2.05) is 32.9 Å². The first kappa shape index (κ1) is 14.9. The average molecular weight is 309 g/mol. The lowest BCUT2D eigenvalue weighted by Gasteiger charge is -2.23. The highest BCUT2D eigenvalue weighted by molar-refractivity contribution is 8.15. The molecule has 7 heteroatoms. The van der Waals surface area contributed by atoms with Gasteiger partial charge in [0.2, 0.25) is 0 Å². The zero-order valence-electron chi connectivity index (χ0n) is 11.5. The Labute approximate surface area is 123 Å². The Kier molecular flexibility index (Phi) is 3.80. The molecule has 1 aliphatic rings. The quantitative estimate of drug-likeness (QED) is 0.862. The van der Waals surface area contributed by atoms with Crippen LogP contribution in [0.2, 0.25) is 0 Å². The number of benzene rings is 1. The van der Waals surface area contributed by atoms with E-state index in [0.29, 0.717) is 5.69 Å². The number of fused-ring (bicyclic) bond motifs is 1. The van der Waals surface area contributed by atoms with Crippen molar-refractivity contribution < 1.29 is 8.42 Å². The number of amidine groups is 1. The molecule has 1 heterocycles. The van der Waals surface area contributed by atoms with Crippen LogP contribution in [0.25, 0.3) is 0 Å². The van der Waals surface area contributed by atoms with Crippen LogP contribution in [-0.4, -0.2) is 19.3 Å². The van der Waals surface area contributed by atoms with Crippen molar-refractivity contribution in [3.05, 3.63) is 23.8 Å². The second kappa shape index (κ2) is 5.11. The van der Waals surface area contributed by atoms with Crippen LogP contribution >= 0.6 is 11.8 Å². The van der Waals surface area contributed by atoms with E-state index >= 15 is 0 Å². The minimum Gasteiger partial charge on any atom is -0.333 e. The molecule has 0 amide bonds. The summed E-state index contributed by atoms with van der Waals surface area (Å²) >= 11 is 1.07. The largest absolute Gasteiger partial charge is 0.333 e. The zero-order chi connectivity index (χ0) is 15.0. The summed E-state index contributed by atoms with van der Waals surface area (Å²) in [7, 11) is -3.71. The first-order chi connectivity index (χ1) is 9.24.